The van der Waals surface area contributed by atoms with Crippen LogP contribution in [0, 0.1) is 0 Å². The maximum atomic E-state index is 11.0. The maximum Gasteiger partial charge on any atom is 0.253 e. The number of allylic oxidation sites excluding steroid dienone is 1. The first kappa shape index (κ1) is 9.55. The Hall–Kier alpha value is -1.45. The number of carbonyl (C=O) groups excluding carboxylic acids is 1. The fourth-order valence-corrected chi connectivity index (χ4v) is 0.378. The van der Waals surface area contributed by atoms with Crippen molar-refractivity contribution >= 4 is 5.91 Å². The summed E-state index contributed by atoms with van der Waals surface area (Å²) in [6.45, 7) is 3.34. The lowest BCUT2D eigenvalue weighted by atomic mass is 10.3. The minimum absolute atomic E-state index is 0.275. The number of hydrogen-bond donors (Lipinski definition) is 3. The number of amides is 1. The van der Waals surface area contributed by atoms with Gasteiger partial charge in [-0.05, 0) is 19.9 Å². The zero-order valence-electron chi connectivity index (χ0n) is 6.72. The van der Waals surface area contributed by atoms with Crippen LogP contribution in [-0.2, 0) is 4.79 Å². The molecule has 0 atom stereocenters. The first-order chi connectivity index (χ1) is 5.11. The van der Waals surface area contributed by atoms with E-state index in [1.807, 2.05) is 0 Å². The second-order valence-electron chi connectivity index (χ2n) is 2.05. The van der Waals surface area contributed by atoms with Crippen molar-refractivity contribution in [1.82, 2.24) is 5.32 Å². The van der Waals surface area contributed by atoms with Gasteiger partial charge in [-0.1, -0.05) is 0 Å². The summed E-state index contributed by atoms with van der Waals surface area (Å²) in [5.41, 5.74) is 10.9. The molecule has 0 bridgehead atoms. The summed E-state index contributed by atoms with van der Waals surface area (Å²) in [5.74, 6) is 0.0549. The molecule has 0 heterocycles. The number of carbonyl (C=O) groups is 1. The Balaban J connectivity index is 4.10. The van der Waals surface area contributed by atoms with Gasteiger partial charge in [0, 0.05) is 11.8 Å². The van der Waals surface area contributed by atoms with Crippen molar-refractivity contribution in [3.63, 3.8) is 0 Å². The lowest BCUT2D eigenvalue weighted by Gasteiger charge is -2.02. The van der Waals surface area contributed by atoms with E-state index in [4.69, 9.17) is 11.5 Å². The van der Waals surface area contributed by atoms with Gasteiger partial charge in [0.1, 0.15) is 0 Å². The van der Waals surface area contributed by atoms with Crippen molar-refractivity contribution < 1.29 is 4.79 Å². The molecular weight excluding hydrogens is 142 g/mol. The van der Waals surface area contributed by atoms with E-state index in [2.05, 4.69) is 5.32 Å². The molecule has 0 aromatic heterocycles. The monoisotopic (exact) mass is 155 g/mol. The van der Waals surface area contributed by atoms with Crippen LogP contribution in [0.2, 0.25) is 0 Å². The van der Waals surface area contributed by atoms with Gasteiger partial charge in [0.25, 0.3) is 5.91 Å². The van der Waals surface area contributed by atoms with Gasteiger partial charge in [0.2, 0.25) is 0 Å². The Labute approximate surface area is 65.9 Å². The Kier molecular flexibility index (Phi) is 3.80. The van der Waals surface area contributed by atoms with Gasteiger partial charge in [-0.15, -0.1) is 0 Å². The van der Waals surface area contributed by atoms with E-state index in [1.165, 1.54) is 6.20 Å². The number of nitrogens with two attached hydrogens (primary N) is 2. The average Bonchev–Trinajstić information content (AvgIpc) is 2.02. The van der Waals surface area contributed by atoms with Crippen molar-refractivity contribution in [2.24, 2.45) is 11.5 Å². The van der Waals surface area contributed by atoms with E-state index < -0.39 is 0 Å². The molecule has 0 saturated heterocycles. The first-order valence-electron chi connectivity index (χ1n) is 3.23. The van der Waals surface area contributed by atoms with Gasteiger partial charge in [0.05, 0.1) is 5.82 Å². The van der Waals surface area contributed by atoms with Crippen LogP contribution in [0.4, 0.5) is 0 Å². The second-order valence-corrected chi connectivity index (χ2v) is 2.05. The Morgan fingerprint density at radius 1 is 1.55 bits per heavy atom. The standard InChI is InChI=1S/C7H13N3O/c1-3-6(9)10-7(11)5(2)4-8/h3-4H,8-9H2,1-2H3,(H,10,11)/b5-4-,6-3-. The number of rotatable bonds is 2. The lowest BCUT2D eigenvalue weighted by Crippen LogP contribution is -2.28. The third-order valence-corrected chi connectivity index (χ3v) is 1.18. The molecule has 0 saturated carbocycles. The second kappa shape index (κ2) is 4.38. The first-order valence-corrected chi connectivity index (χ1v) is 3.23. The largest absolute Gasteiger partial charge is 0.404 e. The highest BCUT2D eigenvalue weighted by Crippen LogP contribution is 1.89. The van der Waals surface area contributed by atoms with Gasteiger partial charge < -0.3 is 16.8 Å². The molecule has 5 N–H and O–H groups in total. The van der Waals surface area contributed by atoms with Crippen LogP contribution in [0.1, 0.15) is 13.8 Å². The summed E-state index contributed by atoms with van der Waals surface area (Å²) >= 11 is 0. The summed E-state index contributed by atoms with van der Waals surface area (Å²) in [5, 5.41) is 2.43. The number of nitrogens with one attached hydrogen (secondary N) is 1. The summed E-state index contributed by atoms with van der Waals surface area (Å²) < 4.78 is 0. The average molecular weight is 155 g/mol. The molecule has 11 heavy (non-hydrogen) atoms. The predicted octanol–water partition coefficient (Wildman–Crippen LogP) is -0.215. The van der Waals surface area contributed by atoms with Crippen LogP contribution in [0.5, 0.6) is 0 Å². The third kappa shape index (κ3) is 3.30. The molecule has 0 fully saturated rings. The van der Waals surface area contributed by atoms with Crippen molar-refractivity contribution in [3.05, 3.63) is 23.7 Å². The van der Waals surface area contributed by atoms with Crippen LogP contribution in [0.3, 0.4) is 0 Å². The Morgan fingerprint density at radius 2 is 2.09 bits per heavy atom. The predicted molar refractivity (Wildman–Crippen MR) is 44.0 cm³/mol. The Bertz CT molecular complexity index is 206. The zero-order valence-corrected chi connectivity index (χ0v) is 6.72. The van der Waals surface area contributed by atoms with Gasteiger partial charge >= 0.3 is 0 Å². The van der Waals surface area contributed by atoms with E-state index in [1.54, 1.807) is 19.9 Å². The topological polar surface area (TPSA) is 81.1 Å². The third-order valence-electron chi connectivity index (χ3n) is 1.18. The van der Waals surface area contributed by atoms with Gasteiger partial charge in [0.15, 0.2) is 0 Å². The molecule has 0 spiro atoms. The normalized spacial score (nSPS) is 12.9. The molecule has 1 amide bonds. The van der Waals surface area contributed by atoms with Crippen molar-refractivity contribution in [3.8, 4) is 0 Å². The Morgan fingerprint density at radius 3 is 2.45 bits per heavy atom. The zero-order chi connectivity index (χ0) is 8.85. The fourth-order valence-electron chi connectivity index (χ4n) is 0.378. The molecular formula is C7H13N3O. The SMILES string of the molecule is C/C=C(/N)NC(=O)/C(C)=C\N. The van der Waals surface area contributed by atoms with Crippen LogP contribution >= 0.6 is 0 Å². The molecule has 4 heteroatoms. The van der Waals surface area contributed by atoms with Crippen LogP contribution in [0.15, 0.2) is 23.7 Å². The van der Waals surface area contributed by atoms with Gasteiger partial charge in [-0.3, -0.25) is 4.79 Å². The summed E-state index contributed by atoms with van der Waals surface area (Å²) in [6, 6.07) is 0. The smallest absolute Gasteiger partial charge is 0.253 e. The highest BCUT2D eigenvalue weighted by molar-refractivity contribution is 5.93. The molecule has 62 valence electrons. The van der Waals surface area contributed by atoms with Gasteiger partial charge in [-0.25, -0.2) is 0 Å². The van der Waals surface area contributed by atoms with Crippen molar-refractivity contribution in [1.29, 1.82) is 0 Å². The quantitative estimate of drug-likeness (QED) is 0.482. The molecule has 0 rings (SSSR count). The molecule has 0 aromatic rings. The molecule has 0 aliphatic rings. The molecule has 0 aromatic carbocycles. The minimum Gasteiger partial charge on any atom is -0.404 e. The van der Waals surface area contributed by atoms with Crippen molar-refractivity contribution in [2.45, 2.75) is 13.8 Å². The minimum atomic E-state index is -0.275. The number of hydrogen-bond acceptors (Lipinski definition) is 3. The van der Waals surface area contributed by atoms with E-state index in [0.717, 1.165) is 0 Å². The molecule has 0 aliphatic carbocycles. The van der Waals surface area contributed by atoms with E-state index in [-0.39, 0.29) is 5.91 Å². The van der Waals surface area contributed by atoms with Crippen LogP contribution in [-0.4, -0.2) is 5.91 Å². The van der Waals surface area contributed by atoms with E-state index in [9.17, 15) is 4.79 Å². The fraction of sp³-hybridized carbons (Fsp3) is 0.286. The summed E-state index contributed by atoms with van der Waals surface area (Å²) in [4.78, 5) is 11.0. The highest BCUT2D eigenvalue weighted by Gasteiger charge is 2.01. The molecule has 0 radical (unpaired) electrons. The lowest BCUT2D eigenvalue weighted by molar-refractivity contribution is -0.116. The van der Waals surface area contributed by atoms with Crippen LogP contribution in [0.25, 0.3) is 0 Å². The van der Waals surface area contributed by atoms with Gasteiger partial charge in [-0.2, -0.15) is 0 Å². The summed E-state index contributed by atoms with van der Waals surface area (Å²) in [6.07, 6.45) is 2.83. The molecule has 0 unspecified atom stereocenters. The molecule has 0 aliphatic heterocycles. The highest BCUT2D eigenvalue weighted by atomic mass is 16.1. The van der Waals surface area contributed by atoms with E-state index in [0.29, 0.717) is 11.4 Å². The maximum absolute atomic E-state index is 11.0. The van der Waals surface area contributed by atoms with Crippen LogP contribution < -0.4 is 16.8 Å². The summed E-state index contributed by atoms with van der Waals surface area (Å²) in [7, 11) is 0. The van der Waals surface area contributed by atoms with Crippen molar-refractivity contribution in [2.75, 3.05) is 0 Å². The van der Waals surface area contributed by atoms with E-state index >= 15 is 0 Å². The molecule has 4 nitrogen and oxygen atoms in total.